The first-order valence-electron chi connectivity index (χ1n) is 5.48. The van der Waals surface area contributed by atoms with E-state index in [1.807, 2.05) is 6.26 Å². The summed E-state index contributed by atoms with van der Waals surface area (Å²) in [4.78, 5) is 11.5. The Morgan fingerprint density at radius 1 is 1.41 bits per heavy atom. The van der Waals surface area contributed by atoms with E-state index < -0.39 is 5.82 Å². The molecule has 0 saturated heterocycles. The number of carbonyl (C=O) groups is 1. The van der Waals surface area contributed by atoms with Gasteiger partial charge in [-0.05, 0) is 37.1 Å². The summed E-state index contributed by atoms with van der Waals surface area (Å²) in [5, 5.41) is 5.53. The summed E-state index contributed by atoms with van der Waals surface area (Å²) in [5.41, 5.74) is 0.225. The van der Waals surface area contributed by atoms with Crippen molar-refractivity contribution in [2.24, 2.45) is 0 Å². The fourth-order valence-electron chi connectivity index (χ4n) is 1.30. The van der Waals surface area contributed by atoms with Crippen LogP contribution in [0, 0.1) is 5.82 Å². The van der Waals surface area contributed by atoms with Gasteiger partial charge in [0.05, 0.1) is 12.2 Å². The van der Waals surface area contributed by atoms with E-state index in [1.54, 1.807) is 30.0 Å². The van der Waals surface area contributed by atoms with Crippen molar-refractivity contribution in [3.8, 4) is 0 Å². The number of hydrogen-bond donors (Lipinski definition) is 2. The molecule has 0 bridgehead atoms. The third-order valence-corrected chi connectivity index (χ3v) is 2.83. The van der Waals surface area contributed by atoms with E-state index in [0.717, 1.165) is 18.7 Å². The van der Waals surface area contributed by atoms with Crippen LogP contribution in [0.15, 0.2) is 24.3 Å². The number of para-hydroxylation sites is 1. The number of thioether (sulfide) groups is 1. The zero-order valence-electron chi connectivity index (χ0n) is 9.83. The standard InChI is InChI=1S/C12H17FN2OS/c1-17-8-4-7-14-9-12(16)15-11-6-3-2-5-10(11)13/h2-3,5-6,14H,4,7-9H2,1H3,(H,15,16). The van der Waals surface area contributed by atoms with Crippen molar-refractivity contribution in [3.05, 3.63) is 30.1 Å². The van der Waals surface area contributed by atoms with Crippen LogP contribution in [0.2, 0.25) is 0 Å². The molecule has 0 spiro atoms. The monoisotopic (exact) mass is 256 g/mol. The summed E-state index contributed by atoms with van der Waals surface area (Å²) in [6, 6.07) is 6.14. The Labute approximate surface area is 105 Å². The smallest absolute Gasteiger partial charge is 0.238 e. The zero-order chi connectivity index (χ0) is 12.5. The molecule has 17 heavy (non-hydrogen) atoms. The van der Waals surface area contributed by atoms with Gasteiger partial charge in [-0.2, -0.15) is 11.8 Å². The molecule has 0 fully saturated rings. The maximum atomic E-state index is 13.2. The van der Waals surface area contributed by atoms with Crippen LogP contribution in [0.5, 0.6) is 0 Å². The van der Waals surface area contributed by atoms with E-state index in [1.165, 1.54) is 6.07 Å². The first-order valence-corrected chi connectivity index (χ1v) is 6.87. The minimum absolute atomic E-state index is 0.211. The minimum Gasteiger partial charge on any atom is -0.322 e. The fraction of sp³-hybridized carbons (Fsp3) is 0.417. The Morgan fingerprint density at radius 3 is 2.88 bits per heavy atom. The van der Waals surface area contributed by atoms with E-state index in [-0.39, 0.29) is 18.1 Å². The van der Waals surface area contributed by atoms with Crippen LogP contribution < -0.4 is 10.6 Å². The second-order valence-electron chi connectivity index (χ2n) is 3.55. The molecule has 94 valence electrons. The number of rotatable bonds is 7. The molecule has 0 heterocycles. The average Bonchev–Trinajstić information content (AvgIpc) is 2.32. The Morgan fingerprint density at radius 2 is 2.18 bits per heavy atom. The molecule has 1 aromatic carbocycles. The van der Waals surface area contributed by atoms with Gasteiger partial charge in [0, 0.05) is 0 Å². The maximum Gasteiger partial charge on any atom is 0.238 e. The van der Waals surface area contributed by atoms with Crippen molar-refractivity contribution in [2.75, 3.05) is 30.4 Å². The van der Waals surface area contributed by atoms with E-state index in [0.29, 0.717) is 0 Å². The fourth-order valence-corrected chi connectivity index (χ4v) is 1.73. The van der Waals surface area contributed by atoms with Crippen molar-refractivity contribution >= 4 is 23.4 Å². The van der Waals surface area contributed by atoms with E-state index in [2.05, 4.69) is 10.6 Å². The number of halogens is 1. The second kappa shape index (κ2) is 8.08. The summed E-state index contributed by atoms with van der Waals surface area (Å²) in [5.74, 6) is 0.435. The number of carbonyl (C=O) groups excluding carboxylic acids is 1. The SMILES string of the molecule is CSCCCNCC(=O)Nc1ccccc1F. The second-order valence-corrected chi connectivity index (χ2v) is 4.54. The predicted molar refractivity (Wildman–Crippen MR) is 70.9 cm³/mol. The Balaban J connectivity index is 2.23. The van der Waals surface area contributed by atoms with Gasteiger partial charge in [0.25, 0.3) is 0 Å². The number of benzene rings is 1. The molecule has 0 aliphatic carbocycles. The first-order chi connectivity index (χ1) is 8.24. The maximum absolute atomic E-state index is 13.2. The number of hydrogen-bond acceptors (Lipinski definition) is 3. The molecule has 5 heteroatoms. The highest BCUT2D eigenvalue weighted by atomic mass is 32.2. The molecule has 0 aliphatic heterocycles. The van der Waals surface area contributed by atoms with Gasteiger partial charge >= 0.3 is 0 Å². The summed E-state index contributed by atoms with van der Waals surface area (Å²) in [7, 11) is 0. The lowest BCUT2D eigenvalue weighted by molar-refractivity contribution is -0.115. The van der Waals surface area contributed by atoms with Crippen molar-refractivity contribution < 1.29 is 9.18 Å². The third kappa shape index (κ3) is 5.70. The molecular formula is C12H17FN2OS. The van der Waals surface area contributed by atoms with Crippen LogP contribution in [0.1, 0.15) is 6.42 Å². The molecule has 1 amide bonds. The molecule has 2 N–H and O–H groups in total. The molecule has 1 aromatic rings. The van der Waals surface area contributed by atoms with Gasteiger partial charge in [0.1, 0.15) is 5.82 Å². The molecule has 0 atom stereocenters. The van der Waals surface area contributed by atoms with E-state index in [4.69, 9.17) is 0 Å². The zero-order valence-corrected chi connectivity index (χ0v) is 10.6. The summed E-state index contributed by atoms with van der Waals surface area (Å²) < 4.78 is 13.2. The molecule has 0 saturated carbocycles. The van der Waals surface area contributed by atoms with Gasteiger partial charge in [-0.3, -0.25) is 4.79 Å². The highest BCUT2D eigenvalue weighted by molar-refractivity contribution is 7.98. The van der Waals surface area contributed by atoms with Gasteiger partial charge in [-0.25, -0.2) is 4.39 Å². The summed E-state index contributed by atoms with van der Waals surface area (Å²) in [6.45, 7) is 1.01. The Hall–Kier alpha value is -1.07. The lowest BCUT2D eigenvalue weighted by Crippen LogP contribution is -2.29. The van der Waals surface area contributed by atoms with Crippen LogP contribution >= 0.6 is 11.8 Å². The predicted octanol–water partition coefficient (Wildman–Crippen LogP) is 2.11. The largest absolute Gasteiger partial charge is 0.322 e. The van der Waals surface area contributed by atoms with Crippen molar-refractivity contribution in [1.29, 1.82) is 0 Å². The third-order valence-electron chi connectivity index (χ3n) is 2.14. The van der Waals surface area contributed by atoms with Crippen LogP contribution in [-0.4, -0.2) is 31.0 Å². The van der Waals surface area contributed by atoms with Gasteiger partial charge in [-0.15, -0.1) is 0 Å². The molecule has 0 radical (unpaired) electrons. The van der Waals surface area contributed by atoms with Gasteiger partial charge in [-0.1, -0.05) is 12.1 Å². The molecule has 0 aliphatic rings. The van der Waals surface area contributed by atoms with Crippen molar-refractivity contribution in [3.63, 3.8) is 0 Å². The normalized spacial score (nSPS) is 10.2. The first kappa shape index (κ1) is 14.0. The highest BCUT2D eigenvalue weighted by Crippen LogP contribution is 2.11. The van der Waals surface area contributed by atoms with Crippen LogP contribution in [0.3, 0.4) is 0 Å². The quantitative estimate of drug-likeness (QED) is 0.734. The van der Waals surface area contributed by atoms with Gasteiger partial charge < -0.3 is 10.6 Å². The lowest BCUT2D eigenvalue weighted by Gasteiger charge is -2.07. The van der Waals surface area contributed by atoms with Crippen LogP contribution in [0.25, 0.3) is 0 Å². The minimum atomic E-state index is -0.414. The van der Waals surface area contributed by atoms with Crippen LogP contribution in [0.4, 0.5) is 10.1 Å². The number of anilines is 1. The van der Waals surface area contributed by atoms with Gasteiger partial charge in [0.2, 0.25) is 5.91 Å². The molecular weight excluding hydrogens is 239 g/mol. The molecule has 1 rings (SSSR count). The Bertz CT molecular complexity index is 360. The van der Waals surface area contributed by atoms with E-state index in [9.17, 15) is 9.18 Å². The van der Waals surface area contributed by atoms with Crippen LogP contribution in [-0.2, 0) is 4.79 Å². The Kier molecular flexibility index (Phi) is 6.65. The lowest BCUT2D eigenvalue weighted by atomic mass is 10.3. The van der Waals surface area contributed by atoms with Crippen molar-refractivity contribution in [1.82, 2.24) is 5.32 Å². The summed E-state index contributed by atoms with van der Waals surface area (Å²) >= 11 is 1.77. The summed E-state index contributed by atoms with van der Waals surface area (Å²) in [6.07, 6.45) is 3.07. The molecule has 0 aromatic heterocycles. The van der Waals surface area contributed by atoms with E-state index >= 15 is 0 Å². The molecule has 3 nitrogen and oxygen atoms in total. The molecule has 0 unspecified atom stereocenters. The van der Waals surface area contributed by atoms with Gasteiger partial charge in [0.15, 0.2) is 0 Å². The topological polar surface area (TPSA) is 41.1 Å². The number of amides is 1. The highest BCUT2D eigenvalue weighted by Gasteiger charge is 2.04. The van der Waals surface area contributed by atoms with Crippen molar-refractivity contribution in [2.45, 2.75) is 6.42 Å². The average molecular weight is 256 g/mol. The number of nitrogens with one attached hydrogen (secondary N) is 2.